The fourth-order valence-corrected chi connectivity index (χ4v) is 2.12. The molecule has 0 aliphatic carbocycles. The van der Waals surface area contributed by atoms with E-state index in [0.29, 0.717) is 11.3 Å². The van der Waals surface area contributed by atoms with E-state index in [1.807, 2.05) is 37.3 Å². The quantitative estimate of drug-likeness (QED) is 0.809. The Morgan fingerprint density at radius 2 is 1.76 bits per heavy atom. The van der Waals surface area contributed by atoms with E-state index in [1.54, 1.807) is 12.1 Å². The summed E-state index contributed by atoms with van der Waals surface area (Å²) in [6, 6.07) is 12.7. The second kappa shape index (κ2) is 5.60. The van der Waals surface area contributed by atoms with Crippen LogP contribution >= 0.6 is 0 Å². The zero-order chi connectivity index (χ0) is 15.6. The number of hydrogen-bond acceptors (Lipinski definition) is 2. The lowest BCUT2D eigenvalue weighted by Crippen LogP contribution is -2.15. The van der Waals surface area contributed by atoms with Crippen molar-refractivity contribution in [2.45, 2.75) is 33.1 Å². The van der Waals surface area contributed by atoms with Crippen LogP contribution < -0.4 is 5.32 Å². The molecule has 2 rings (SSSR count). The molecule has 1 amide bonds. The number of amides is 1. The second-order valence-corrected chi connectivity index (χ2v) is 6.25. The first kappa shape index (κ1) is 15.1. The third-order valence-corrected chi connectivity index (χ3v) is 3.50. The monoisotopic (exact) mass is 283 g/mol. The number of hydrogen-bond donors (Lipinski definition) is 2. The molecule has 2 aromatic rings. The summed E-state index contributed by atoms with van der Waals surface area (Å²) >= 11 is 0. The number of rotatable bonds is 2. The Balaban J connectivity index is 2.31. The zero-order valence-corrected chi connectivity index (χ0v) is 12.9. The predicted molar refractivity (Wildman–Crippen MR) is 85.9 cm³/mol. The summed E-state index contributed by atoms with van der Waals surface area (Å²) in [7, 11) is 0. The van der Waals surface area contributed by atoms with Gasteiger partial charge in [0, 0.05) is 5.56 Å². The Labute approximate surface area is 125 Å². The predicted octanol–water partition coefficient (Wildman–Crippen LogP) is 4.25. The normalized spacial score (nSPS) is 11.2. The number of benzene rings is 2. The Hall–Kier alpha value is -2.29. The van der Waals surface area contributed by atoms with E-state index in [1.165, 1.54) is 0 Å². The van der Waals surface area contributed by atoms with Crippen LogP contribution in [0.25, 0.3) is 0 Å². The minimum Gasteiger partial charge on any atom is -0.506 e. The molecule has 21 heavy (non-hydrogen) atoms. The van der Waals surface area contributed by atoms with E-state index in [2.05, 4.69) is 26.1 Å². The Kier molecular flexibility index (Phi) is 4.03. The van der Waals surface area contributed by atoms with Crippen molar-refractivity contribution in [2.24, 2.45) is 0 Å². The topological polar surface area (TPSA) is 49.3 Å². The van der Waals surface area contributed by atoms with E-state index in [9.17, 15) is 9.90 Å². The van der Waals surface area contributed by atoms with E-state index in [-0.39, 0.29) is 17.1 Å². The fourth-order valence-electron chi connectivity index (χ4n) is 2.12. The molecule has 2 aromatic carbocycles. The highest BCUT2D eigenvalue weighted by atomic mass is 16.3. The molecule has 110 valence electrons. The van der Waals surface area contributed by atoms with Gasteiger partial charge in [0.2, 0.25) is 0 Å². The van der Waals surface area contributed by atoms with Crippen molar-refractivity contribution >= 4 is 11.6 Å². The summed E-state index contributed by atoms with van der Waals surface area (Å²) in [6.45, 7) is 8.16. The smallest absolute Gasteiger partial charge is 0.256 e. The molecule has 0 saturated heterocycles. The second-order valence-electron chi connectivity index (χ2n) is 6.25. The minimum atomic E-state index is -0.213. The average molecular weight is 283 g/mol. The van der Waals surface area contributed by atoms with Gasteiger partial charge in [-0.25, -0.2) is 0 Å². The Morgan fingerprint density at radius 3 is 2.38 bits per heavy atom. The van der Waals surface area contributed by atoms with Gasteiger partial charge in [-0.2, -0.15) is 0 Å². The Morgan fingerprint density at radius 1 is 1.10 bits per heavy atom. The van der Waals surface area contributed by atoms with Gasteiger partial charge in [-0.15, -0.1) is 0 Å². The number of aromatic hydroxyl groups is 1. The van der Waals surface area contributed by atoms with Crippen LogP contribution in [0.2, 0.25) is 0 Å². The summed E-state index contributed by atoms with van der Waals surface area (Å²) in [5.41, 5.74) is 2.96. The van der Waals surface area contributed by atoms with Crippen LogP contribution in [-0.2, 0) is 5.41 Å². The Bertz CT molecular complexity index is 669. The first-order chi connectivity index (χ1) is 9.79. The van der Waals surface area contributed by atoms with Gasteiger partial charge in [0.25, 0.3) is 5.91 Å². The number of aryl methyl sites for hydroxylation is 1. The summed E-state index contributed by atoms with van der Waals surface area (Å²) in [6.07, 6.45) is 0. The molecule has 0 heterocycles. The van der Waals surface area contributed by atoms with Crippen molar-refractivity contribution in [1.82, 2.24) is 0 Å². The molecule has 0 aliphatic rings. The van der Waals surface area contributed by atoms with Crippen LogP contribution in [0.1, 0.15) is 42.3 Å². The zero-order valence-electron chi connectivity index (χ0n) is 12.9. The maximum atomic E-state index is 12.3. The molecular formula is C18H21NO2. The van der Waals surface area contributed by atoms with E-state index < -0.39 is 0 Å². The number of nitrogens with one attached hydrogen (secondary N) is 1. The van der Waals surface area contributed by atoms with Gasteiger partial charge in [0.1, 0.15) is 5.75 Å². The van der Waals surface area contributed by atoms with Gasteiger partial charge in [-0.3, -0.25) is 4.79 Å². The number of phenolic OH excluding ortho intramolecular Hbond substituents is 1. The molecule has 3 nitrogen and oxygen atoms in total. The van der Waals surface area contributed by atoms with Gasteiger partial charge in [-0.1, -0.05) is 45.0 Å². The highest BCUT2D eigenvalue weighted by Crippen LogP contribution is 2.31. The van der Waals surface area contributed by atoms with Crippen LogP contribution in [0.3, 0.4) is 0 Å². The molecule has 0 fully saturated rings. The van der Waals surface area contributed by atoms with Crippen molar-refractivity contribution in [3.63, 3.8) is 0 Å². The summed E-state index contributed by atoms with van der Waals surface area (Å²) in [4.78, 5) is 12.3. The van der Waals surface area contributed by atoms with Crippen LogP contribution in [0, 0.1) is 6.92 Å². The van der Waals surface area contributed by atoms with Crippen LogP contribution in [-0.4, -0.2) is 11.0 Å². The lowest BCUT2D eigenvalue weighted by Gasteiger charge is -2.20. The molecule has 0 radical (unpaired) electrons. The molecule has 3 heteroatoms. The van der Waals surface area contributed by atoms with E-state index >= 15 is 0 Å². The van der Waals surface area contributed by atoms with Crippen molar-refractivity contribution in [3.8, 4) is 5.75 Å². The molecule has 0 aromatic heterocycles. The van der Waals surface area contributed by atoms with Crippen molar-refractivity contribution in [1.29, 1.82) is 0 Å². The van der Waals surface area contributed by atoms with Gasteiger partial charge in [0.15, 0.2) is 0 Å². The van der Waals surface area contributed by atoms with Gasteiger partial charge in [-0.05, 0) is 41.7 Å². The largest absolute Gasteiger partial charge is 0.506 e. The summed E-state index contributed by atoms with van der Waals surface area (Å²) in [5.74, 6) is -0.139. The molecule has 0 atom stereocenters. The van der Waals surface area contributed by atoms with Crippen molar-refractivity contribution in [3.05, 3.63) is 59.2 Å². The third kappa shape index (κ3) is 3.43. The standard InChI is InChI=1S/C18H21NO2/c1-12-7-5-6-8-14(12)17(21)19-15-11-13(18(2,3)4)9-10-16(15)20/h5-11,20H,1-4H3,(H,19,21). The summed E-state index contributed by atoms with van der Waals surface area (Å²) < 4.78 is 0. The fraction of sp³-hybridized carbons (Fsp3) is 0.278. The average Bonchev–Trinajstić information content (AvgIpc) is 2.40. The molecule has 0 saturated carbocycles. The van der Waals surface area contributed by atoms with Crippen molar-refractivity contribution in [2.75, 3.05) is 5.32 Å². The molecule has 2 N–H and O–H groups in total. The van der Waals surface area contributed by atoms with Crippen LogP contribution in [0.15, 0.2) is 42.5 Å². The number of carbonyl (C=O) groups excluding carboxylic acids is 1. The van der Waals surface area contributed by atoms with E-state index in [0.717, 1.165) is 11.1 Å². The molecule has 0 unspecified atom stereocenters. The molecule has 0 spiro atoms. The van der Waals surface area contributed by atoms with Gasteiger partial charge in [0.05, 0.1) is 5.69 Å². The molecule has 0 bridgehead atoms. The number of anilines is 1. The SMILES string of the molecule is Cc1ccccc1C(=O)Nc1cc(C(C)(C)C)ccc1O. The highest BCUT2D eigenvalue weighted by molar-refractivity contribution is 6.06. The lowest BCUT2D eigenvalue weighted by molar-refractivity contribution is 0.102. The van der Waals surface area contributed by atoms with Gasteiger partial charge >= 0.3 is 0 Å². The third-order valence-electron chi connectivity index (χ3n) is 3.50. The number of carbonyl (C=O) groups is 1. The van der Waals surface area contributed by atoms with E-state index in [4.69, 9.17) is 0 Å². The van der Waals surface area contributed by atoms with Crippen molar-refractivity contribution < 1.29 is 9.90 Å². The van der Waals surface area contributed by atoms with Gasteiger partial charge < -0.3 is 10.4 Å². The maximum absolute atomic E-state index is 12.3. The first-order valence-electron chi connectivity index (χ1n) is 6.99. The minimum absolute atomic E-state index is 0.0458. The molecular weight excluding hydrogens is 262 g/mol. The van der Waals surface area contributed by atoms with Crippen LogP contribution in [0.4, 0.5) is 5.69 Å². The molecule has 0 aliphatic heterocycles. The number of phenols is 1. The van der Waals surface area contributed by atoms with Crippen LogP contribution in [0.5, 0.6) is 5.75 Å². The summed E-state index contributed by atoms with van der Waals surface area (Å²) in [5, 5.41) is 12.7. The first-order valence-corrected chi connectivity index (χ1v) is 6.99. The maximum Gasteiger partial charge on any atom is 0.256 e. The lowest BCUT2D eigenvalue weighted by atomic mass is 9.87. The highest BCUT2D eigenvalue weighted by Gasteiger charge is 2.17.